The molecule has 0 bridgehead atoms. The van der Waals surface area contributed by atoms with Crippen LogP contribution < -0.4 is 4.74 Å². The van der Waals surface area contributed by atoms with Crippen molar-refractivity contribution < 1.29 is 9.13 Å². The fourth-order valence-electron chi connectivity index (χ4n) is 1.77. The Kier molecular flexibility index (Phi) is 4.99. The van der Waals surface area contributed by atoms with Gasteiger partial charge in [-0.15, -0.1) is 0 Å². The van der Waals surface area contributed by atoms with E-state index >= 15 is 0 Å². The molecular weight excluding hydrogens is 345 g/mol. The van der Waals surface area contributed by atoms with Crippen LogP contribution in [0.2, 0.25) is 5.02 Å². The lowest BCUT2D eigenvalue weighted by Crippen LogP contribution is -1.99. The molecule has 0 atom stereocenters. The van der Waals surface area contributed by atoms with Gasteiger partial charge in [0.15, 0.2) is 0 Å². The van der Waals surface area contributed by atoms with Gasteiger partial charge in [0, 0.05) is 10.9 Å². The van der Waals surface area contributed by atoms with Gasteiger partial charge in [0.05, 0.1) is 16.7 Å². The maximum Gasteiger partial charge on any atom is 0.142 e. The Balaban J connectivity index is 2.21. The van der Waals surface area contributed by atoms with Gasteiger partial charge in [0.25, 0.3) is 0 Å². The summed E-state index contributed by atoms with van der Waals surface area (Å²) in [5.74, 6) is 0.108. The second-order valence-corrected chi connectivity index (χ2v) is 5.08. The number of rotatable bonds is 4. The fourth-order valence-corrected chi connectivity index (χ4v) is 2.46. The second kappa shape index (κ2) is 6.74. The van der Waals surface area contributed by atoms with Gasteiger partial charge in [-0.1, -0.05) is 39.7 Å². The lowest BCUT2D eigenvalue weighted by Gasteiger charge is -2.12. The Morgan fingerprint density at radius 2 is 2.10 bits per heavy atom. The van der Waals surface area contributed by atoms with Crippen molar-refractivity contribution in [3.05, 3.63) is 63.9 Å². The molecule has 0 unspecified atom stereocenters. The molecule has 0 saturated carbocycles. The van der Waals surface area contributed by atoms with E-state index < -0.39 is 5.82 Å². The predicted octanol–water partition coefficient (Wildman–Crippen LogP) is 4.82. The number of alkyl halides is 1. The smallest absolute Gasteiger partial charge is 0.142 e. The van der Waals surface area contributed by atoms with Crippen molar-refractivity contribution in [1.82, 2.24) is 0 Å². The molecule has 5 heteroatoms. The minimum Gasteiger partial charge on any atom is -0.487 e. The summed E-state index contributed by atoms with van der Waals surface area (Å²) in [7, 11) is 0. The summed E-state index contributed by atoms with van der Waals surface area (Å²) in [6.07, 6.45) is 0. The zero-order chi connectivity index (χ0) is 14.5. The van der Waals surface area contributed by atoms with Crippen molar-refractivity contribution in [1.29, 1.82) is 5.26 Å². The van der Waals surface area contributed by atoms with Crippen molar-refractivity contribution in [3.63, 3.8) is 0 Å². The molecule has 0 aliphatic rings. The van der Waals surface area contributed by atoms with Crippen LogP contribution >= 0.6 is 27.5 Å². The van der Waals surface area contributed by atoms with Gasteiger partial charge in [-0.25, -0.2) is 4.39 Å². The van der Waals surface area contributed by atoms with Crippen molar-refractivity contribution in [2.75, 3.05) is 0 Å². The number of hydrogen-bond donors (Lipinski definition) is 0. The molecule has 0 radical (unpaired) electrons. The van der Waals surface area contributed by atoms with E-state index in [0.29, 0.717) is 21.7 Å². The summed E-state index contributed by atoms with van der Waals surface area (Å²) in [6, 6.07) is 11.5. The number of para-hydroxylation sites is 1. The maximum absolute atomic E-state index is 13.3. The molecule has 0 spiro atoms. The van der Waals surface area contributed by atoms with Crippen LogP contribution in [0.25, 0.3) is 0 Å². The largest absolute Gasteiger partial charge is 0.487 e. The van der Waals surface area contributed by atoms with Crippen molar-refractivity contribution in [2.45, 2.75) is 11.9 Å². The van der Waals surface area contributed by atoms with Crippen LogP contribution in [-0.2, 0) is 11.9 Å². The van der Waals surface area contributed by atoms with Crippen LogP contribution in [0, 0.1) is 17.1 Å². The maximum atomic E-state index is 13.3. The van der Waals surface area contributed by atoms with Gasteiger partial charge in [-0.3, -0.25) is 0 Å². The van der Waals surface area contributed by atoms with Gasteiger partial charge < -0.3 is 4.74 Å². The summed E-state index contributed by atoms with van der Waals surface area (Å²) in [5.41, 5.74) is 1.76. The summed E-state index contributed by atoms with van der Waals surface area (Å²) in [4.78, 5) is 0. The average Bonchev–Trinajstić information content (AvgIpc) is 2.45. The zero-order valence-electron chi connectivity index (χ0n) is 10.4. The number of nitriles is 1. The Morgan fingerprint density at radius 3 is 2.80 bits per heavy atom. The number of hydrogen-bond acceptors (Lipinski definition) is 2. The highest BCUT2D eigenvalue weighted by molar-refractivity contribution is 9.08. The lowest BCUT2D eigenvalue weighted by molar-refractivity contribution is 0.303. The normalized spacial score (nSPS) is 10.1. The summed E-state index contributed by atoms with van der Waals surface area (Å²) < 4.78 is 19.0. The highest BCUT2D eigenvalue weighted by atomic mass is 79.9. The standard InChI is InChI=1S/C15H10BrClFNO/c16-7-12-2-1-3-14(17)15(12)20-9-11-4-10(8-19)5-13(18)6-11/h1-6H,7,9H2. The fraction of sp³-hybridized carbons (Fsp3) is 0.133. The molecular formula is C15H10BrClFNO. The molecule has 0 fully saturated rings. The third-order valence-corrected chi connectivity index (χ3v) is 3.56. The first-order valence-corrected chi connectivity index (χ1v) is 7.29. The Morgan fingerprint density at radius 1 is 1.30 bits per heavy atom. The van der Waals surface area contributed by atoms with Crippen LogP contribution in [0.5, 0.6) is 5.75 Å². The average molecular weight is 355 g/mol. The van der Waals surface area contributed by atoms with E-state index in [2.05, 4.69) is 15.9 Å². The van der Waals surface area contributed by atoms with Gasteiger partial charge in [-0.05, 0) is 29.8 Å². The van der Waals surface area contributed by atoms with E-state index in [-0.39, 0.29) is 12.2 Å². The van der Waals surface area contributed by atoms with Crippen LogP contribution in [0.4, 0.5) is 4.39 Å². The molecule has 0 heterocycles. The first-order chi connectivity index (χ1) is 9.63. The van der Waals surface area contributed by atoms with E-state index in [1.807, 2.05) is 18.2 Å². The topological polar surface area (TPSA) is 33.0 Å². The molecule has 0 aliphatic carbocycles. The molecule has 0 saturated heterocycles. The van der Waals surface area contributed by atoms with E-state index in [1.165, 1.54) is 12.1 Å². The molecule has 2 aromatic carbocycles. The molecule has 20 heavy (non-hydrogen) atoms. The second-order valence-electron chi connectivity index (χ2n) is 4.11. The molecule has 0 aliphatic heterocycles. The first-order valence-electron chi connectivity index (χ1n) is 5.79. The van der Waals surface area contributed by atoms with E-state index in [4.69, 9.17) is 21.6 Å². The summed E-state index contributed by atoms with van der Waals surface area (Å²) in [5, 5.41) is 9.92. The molecule has 102 valence electrons. The summed E-state index contributed by atoms with van der Waals surface area (Å²) in [6.45, 7) is 0.149. The predicted molar refractivity (Wildman–Crippen MR) is 79.5 cm³/mol. The third kappa shape index (κ3) is 3.50. The lowest BCUT2D eigenvalue weighted by atomic mass is 10.1. The number of ether oxygens (including phenoxy) is 1. The SMILES string of the molecule is N#Cc1cc(F)cc(COc2c(Cl)cccc2CBr)c1. The molecule has 0 aromatic heterocycles. The quantitative estimate of drug-likeness (QED) is 0.737. The van der Waals surface area contributed by atoms with Crippen molar-refractivity contribution in [3.8, 4) is 11.8 Å². The molecule has 2 aromatic rings. The van der Waals surface area contributed by atoms with Crippen molar-refractivity contribution in [2.24, 2.45) is 0 Å². The number of benzene rings is 2. The van der Waals surface area contributed by atoms with E-state index in [0.717, 1.165) is 5.56 Å². The molecule has 0 amide bonds. The van der Waals surface area contributed by atoms with Crippen molar-refractivity contribution >= 4 is 27.5 Å². The minimum absolute atomic E-state index is 0.149. The first kappa shape index (κ1) is 14.8. The Hall–Kier alpha value is -1.57. The third-order valence-electron chi connectivity index (χ3n) is 2.66. The minimum atomic E-state index is -0.456. The van der Waals surface area contributed by atoms with E-state index in [1.54, 1.807) is 12.1 Å². The Bertz CT molecular complexity index is 669. The highest BCUT2D eigenvalue weighted by Crippen LogP contribution is 2.30. The zero-order valence-corrected chi connectivity index (χ0v) is 12.7. The van der Waals surface area contributed by atoms with Crippen LogP contribution in [0.15, 0.2) is 36.4 Å². The van der Waals surface area contributed by atoms with Gasteiger partial charge >= 0.3 is 0 Å². The molecule has 2 nitrogen and oxygen atoms in total. The number of nitrogens with zero attached hydrogens (tertiary/aromatic N) is 1. The van der Waals surface area contributed by atoms with Gasteiger partial charge in [0.1, 0.15) is 18.2 Å². The number of halogens is 3. The van der Waals surface area contributed by atoms with Crippen LogP contribution in [-0.4, -0.2) is 0 Å². The Labute approximate surface area is 129 Å². The monoisotopic (exact) mass is 353 g/mol. The summed E-state index contributed by atoms with van der Waals surface area (Å²) >= 11 is 9.45. The molecule has 0 N–H and O–H groups in total. The van der Waals surface area contributed by atoms with Crippen LogP contribution in [0.3, 0.4) is 0 Å². The van der Waals surface area contributed by atoms with Gasteiger partial charge in [0.2, 0.25) is 0 Å². The van der Waals surface area contributed by atoms with Gasteiger partial charge in [-0.2, -0.15) is 5.26 Å². The molecule has 2 rings (SSSR count). The van der Waals surface area contributed by atoms with E-state index in [9.17, 15) is 4.39 Å². The highest BCUT2D eigenvalue weighted by Gasteiger charge is 2.08. The van der Waals surface area contributed by atoms with Crippen LogP contribution in [0.1, 0.15) is 16.7 Å².